The summed E-state index contributed by atoms with van der Waals surface area (Å²) in [6.07, 6.45) is 0.791. The molecular formula is C9H16O2S. The van der Waals surface area contributed by atoms with Crippen LogP contribution in [0, 0.1) is 5.92 Å². The molecule has 70 valence electrons. The number of hydrogen-bond donors (Lipinski definition) is 0. The number of carbonyl (C=O) groups is 2. The molecule has 0 aliphatic rings. The van der Waals surface area contributed by atoms with E-state index in [9.17, 15) is 9.59 Å². The van der Waals surface area contributed by atoms with Crippen molar-refractivity contribution < 1.29 is 9.59 Å². The Hall–Kier alpha value is -0.310. The summed E-state index contributed by atoms with van der Waals surface area (Å²) in [7, 11) is 0. The third kappa shape index (κ3) is 5.35. The van der Waals surface area contributed by atoms with Crippen LogP contribution < -0.4 is 0 Å². The van der Waals surface area contributed by atoms with Crippen LogP contribution in [-0.4, -0.2) is 16.1 Å². The minimum Gasteiger partial charge on any atom is -0.299 e. The van der Waals surface area contributed by atoms with Crippen LogP contribution in [-0.2, 0) is 9.59 Å². The molecule has 0 amide bonds. The number of carbonyl (C=O) groups excluding carboxylic acids is 2. The minimum atomic E-state index is -0.137. The Balaban J connectivity index is 4.04. The molecule has 1 unspecified atom stereocenters. The molecule has 3 heteroatoms. The van der Waals surface area contributed by atoms with Crippen molar-refractivity contribution in [2.75, 3.05) is 0 Å². The van der Waals surface area contributed by atoms with Crippen molar-refractivity contribution in [3.05, 3.63) is 0 Å². The fraction of sp³-hybridized carbons (Fsp3) is 0.778. The highest BCUT2D eigenvalue weighted by atomic mass is 32.2. The standard InChI is InChI=1S/C9H16O2S/c1-6(2)5-9(7(3)10)12-8(4)11/h6,9H,5H2,1-4H3. The SMILES string of the molecule is CC(=O)SC(CC(C)C)C(C)=O. The summed E-state index contributed by atoms with van der Waals surface area (Å²) in [5, 5.41) is -0.113. The second kappa shape index (κ2) is 5.36. The fourth-order valence-corrected chi connectivity index (χ4v) is 1.97. The third-order valence-electron chi connectivity index (χ3n) is 1.45. The Morgan fingerprint density at radius 2 is 1.75 bits per heavy atom. The highest BCUT2D eigenvalue weighted by Crippen LogP contribution is 2.20. The predicted molar refractivity (Wildman–Crippen MR) is 52.2 cm³/mol. The zero-order chi connectivity index (χ0) is 9.72. The lowest BCUT2D eigenvalue weighted by Gasteiger charge is -2.13. The molecule has 0 heterocycles. The first kappa shape index (κ1) is 11.7. The van der Waals surface area contributed by atoms with E-state index in [0.717, 1.165) is 18.2 Å². The van der Waals surface area contributed by atoms with Crippen molar-refractivity contribution in [1.29, 1.82) is 0 Å². The van der Waals surface area contributed by atoms with Crippen molar-refractivity contribution >= 4 is 22.7 Å². The first-order valence-electron chi connectivity index (χ1n) is 4.11. The highest BCUT2D eigenvalue weighted by Gasteiger charge is 2.18. The zero-order valence-corrected chi connectivity index (χ0v) is 8.90. The van der Waals surface area contributed by atoms with Crippen LogP contribution in [0.3, 0.4) is 0 Å². The van der Waals surface area contributed by atoms with Crippen LogP contribution in [0.5, 0.6) is 0 Å². The second-order valence-corrected chi connectivity index (χ2v) is 4.72. The van der Waals surface area contributed by atoms with Crippen molar-refractivity contribution in [1.82, 2.24) is 0 Å². The van der Waals surface area contributed by atoms with Gasteiger partial charge in [-0.2, -0.15) is 0 Å². The van der Waals surface area contributed by atoms with Gasteiger partial charge < -0.3 is 0 Å². The van der Waals surface area contributed by atoms with Gasteiger partial charge in [0.15, 0.2) is 5.12 Å². The van der Waals surface area contributed by atoms with Gasteiger partial charge in [0.2, 0.25) is 0 Å². The maximum absolute atomic E-state index is 11.0. The molecule has 2 nitrogen and oxygen atoms in total. The van der Waals surface area contributed by atoms with Crippen LogP contribution in [0.25, 0.3) is 0 Å². The average molecular weight is 188 g/mol. The molecular weight excluding hydrogens is 172 g/mol. The molecule has 0 rings (SSSR count). The lowest BCUT2D eigenvalue weighted by atomic mass is 10.1. The molecule has 0 fully saturated rings. The number of rotatable bonds is 4. The Morgan fingerprint density at radius 1 is 1.25 bits per heavy atom. The van der Waals surface area contributed by atoms with E-state index < -0.39 is 0 Å². The van der Waals surface area contributed by atoms with Gasteiger partial charge in [0, 0.05) is 6.92 Å². The van der Waals surface area contributed by atoms with Crippen LogP contribution >= 0.6 is 11.8 Å². The predicted octanol–water partition coefficient (Wildman–Crippen LogP) is 2.27. The van der Waals surface area contributed by atoms with Gasteiger partial charge in [0.05, 0.1) is 5.25 Å². The largest absolute Gasteiger partial charge is 0.299 e. The monoisotopic (exact) mass is 188 g/mol. The van der Waals surface area contributed by atoms with Crippen molar-refractivity contribution in [2.45, 2.75) is 39.4 Å². The summed E-state index contributed by atoms with van der Waals surface area (Å²) >= 11 is 1.15. The molecule has 12 heavy (non-hydrogen) atoms. The molecule has 0 aliphatic carbocycles. The number of hydrogen-bond acceptors (Lipinski definition) is 3. The second-order valence-electron chi connectivity index (χ2n) is 3.34. The molecule has 0 aromatic heterocycles. The van der Waals surface area contributed by atoms with E-state index in [4.69, 9.17) is 0 Å². The Bertz CT molecular complexity index is 175. The van der Waals surface area contributed by atoms with Gasteiger partial charge in [-0.15, -0.1) is 0 Å². The van der Waals surface area contributed by atoms with E-state index in [-0.39, 0.29) is 16.1 Å². The normalized spacial score (nSPS) is 13.1. The molecule has 0 spiro atoms. The third-order valence-corrected chi connectivity index (χ3v) is 2.59. The van der Waals surface area contributed by atoms with Gasteiger partial charge in [0.1, 0.15) is 5.78 Å². The highest BCUT2D eigenvalue weighted by molar-refractivity contribution is 8.14. The summed E-state index contributed by atoms with van der Waals surface area (Å²) in [6, 6.07) is 0. The molecule has 0 saturated carbocycles. The quantitative estimate of drug-likeness (QED) is 0.678. The first-order chi connectivity index (χ1) is 5.43. The van der Waals surface area contributed by atoms with Crippen LogP contribution in [0.15, 0.2) is 0 Å². The van der Waals surface area contributed by atoms with Gasteiger partial charge in [-0.05, 0) is 19.3 Å². The smallest absolute Gasteiger partial charge is 0.186 e. The first-order valence-corrected chi connectivity index (χ1v) is 4.99. The fourth-order valence-electron chi connectivity index (χ4n) is 0.926. The van der Waals surface area contributed by atoms with E-state index >= 15 is 0 Å². The lowest BCUT2D eigenvalue weighted by molar-refractivity contribution is -0.117. The maximum Gasteiger partial charge on any atom is 0.186 e. The van der Waals surface area contributed by atoms with Gasteiger partial charge in [0.25, 0.3) is 0 Å². The average Bonchev–Trinajstić information content (AvgIpc) is 1.83. The number of ketones is 1. The summed E-state index contributed by atoms with van der Waals surface area (Å²) in [5.41, 5.74) is 0. The van der Waals surface area contributed by atoms with E-state index in [1.165, 1.54) is 6.92 Å². The summed E-state index contributed by atoms with van der Waals surface area (Å²) < 4.78 is 0. The molecule has 0 aromatic carbocycles. The van der Waals surface area contributed by atoms with Gasteiger partial charge in [-0.3, -0.25) is 9.59 Å². The Kier molecular flexibility index (Phi) is 5.22. The topological polar surface area (TPSA) is 34.1 Å². The molecule has 0 aliphatic heterocycles. The Morgan fingerprint density at radius 3 is 2.00 bits per heavy atom. The lowest BCUT2D eigenvalue weighted by Crippen LogP contribution is -2.17. The van der Waals surface area contributed by atoms with E-state index in [2.05, 4.69) is 13.8 Å². The summed E-state index contributed by atoms with van der Waals surface area (Å²) in [5.74, 6) is 0.564. The molecule has 1 atom stereocenters. The van der Waals surface area contributed by atoms with Crippen LogP contribution in [0.2, 0.25) is 0 Å². The van der Waals surface area contributed by atoms with Crippen molar-refractivity contribution in [3.8, 4) is 0 Å². The summed E-state index contributed by atoms with van der Waals surface area (Å²) in [6.45, 7) is 7.15. The van der Waals surface area contributed by atoms with Gasteiger partial charge >= 0.3 is 0 Å². The van der Waals surface area contributed by atoms with Crippen molar-refractivity contribution in [3.63, 3.8) is 0 Å². The van der Waals surface area contributed by atoms with E-state index in [1.54, 1.807) is 6.92 Å². The minimum absolute atomic E-state index is 0.0239. The number of Topliss-reactive ketones (excluding diaryl/α,β-unsaturated/α-hetero) is 1. The molecule has 0 N–H and O–H groups in total. The van der Waals surface area contributed by atoms with E-state index in [1.807, 2.05) is 0 Å². The van der Waals surface area contributed by atoms with Crippen molar-refractivity contribution in [2.24, 2.45) is 5.92 Å². The van der Waals surface area contributed by atoms with E-state index in [0.29, 0.717) is 5.92 Å². The number of thioether (sulfide) groups is 1. The molecule has 0 aromatic rings. The Labute approximate surface area is 78.1 Å². The molecule has 0 radical (unpaired) electrons. The van der Waals surface area contributed by atoms with Gasteiger partial charge in [-0.25, -0.2) is 0 Å². The van der Waals surface area contributed by atoms with Crippen LogP contribution in [0.4, 0.5) is 0 Å². The van der Waals surface area contributed by atoms with Crippen LogP contribution in [0.1, 0.15) is 34.1 Å². The maximum atomic E-state index is 11.0. The summed E-state index contributed by atoms with van der Waals surface area (Å²) in [4.78, 5) is 21.8. The molecule has 0 bridgehead atoms. The molecule has 0 saturated heterocycles. The zero-order valence-electron chi connectivity index (χ0n) is 8.09. The van der Waals surface area contributed by atoms with Gasteiger partial charge in [-0.1, -0.05) is 25.6 Å².